The molecule has 1 atom stereocenters. The third kappa shape index (κ3) is 2.59. The summed E-state index contributed by atoms with van der Waals surface area (Å²) in [7, 11) is 2.19. The SMILES string of the molecule is CN1CCCC(S)CC1. The Morgan fingerprint density at radius 1 is 1.33 bits per heavy atom. The summed E-state index contributed by atoms with van der Waals surface area (Å²) in [5.74, 6) is 0. The van der Waals surface area contributed by atoms with Crippen molar-refractivity contribution in [2.45, 2.75) is 24.5 Å². The maximum atomic E-state index is 4.44. The summed E-state index contributed by atoms with van der Waals surface area (Å²) in [6.07, 6.45) is 3.89. The molecule has 0 spiro atoms. The van der Waals surface area contributed by atoms with E-state index in [1.165, 1.54) is 32.4 Å². The van der Waals surface area contributed by atoms with Crippen LogP contribution in [0.3, 0.4) is 0 Å². The van der Waals surface area contributed by atoms with Crippen LogP contribution in [-0.2, 0) is 0 Å². The highest BCUT2D eigenvalue weighted by Crippen LogP contribution is 2.13. The molecule has 1 rings (SSSR count). The Morgan fingerprint density at radius 3 is 2.89 bits per heavy atom. The maximum absolute atomic E-state index is 4.44. The van der Waals surface area contributed by atoms with Crippen molar-refractivity contribution in [3.05, 3.63) is 0 Å². The first kappa shape index (κ1) is 7.42. The zero-order valence-electron chi connectivity index (χ0n) is 6.01. The van der Waals surface area contributed by atoms with Crippen molar-refractivity contribution in [3.8, 4) is 0 Å². The van der Waals surface area contributed by atoms with Crippen LogP contribution < -0.4 is 0 Å². The molecule has 0 aromatic carbocycles. The number of nitrogens with zero attached hydrogens (tertiary/aromatic N) is 1. The molecule has 9 heavy (non-hydrogen) atoms. The van der Waals surface area contributed by atoms with Crippen LogP contribution in [0.5, 0.6) is 0 Å². The molecule has 1 saturated heterocycles. The molecular weight excluding hydrogens is 130 g/mol. The summed E-state index contributed by atoms with van der Waals surface area (Å²) in [5, 5.41) is 0.662. The second-order valence-corrected chi connectivity index (χ2v) is 3.62. The summed E-state index contributed by atoms with van der Waals surface area (Å²) < 4.78 is 0. The van der Waals surface area contributed by atoms with Crippen molar-refractivity contribution in [2.24, 2.45) is 0 Å². The van der Waals surface area contributed by atoms with E-state index in [4.69, 9.17) is 0 Å². The smallest absolute Gasteiger partial charge is 0.00294 e. The average Bonchev–Trinajstić information content (AvgIpc) is 1.97. The molecule has 0 aromatic heterocycles. The number of rotatable bonds is 0. The zero-order chi connectivity index (χ0) is 6.69. The molecule has 1 nitrogen and oxygen atoms in total. The Bertz CT molecular complexity index is 75.0. The lowest BCUT2D eigenvalue weighted by molar-refractivity contribution is 0.350. The first-order valence-corrected chi connectivity index (χ1v) is 4.17. The molecule has 0 bridgehead atoms. The quantitative estimate of drug-likeness (QED) is 0.504. The van der Waals surface area contributed by atoms with Gasteiger partial charge in [0, 0.05) is 5.25 Å². The van der Waals surface area contributed by atoms with Gasteiger partial charge >= 0.3 is 0 Å². The highest BCUT2D eigenvalue weighted by molar-refractivity contribution is 7.80. The van der Waals surface area contributed by atoms with Crippen LogP contribution in [0, 0.1) is 0 Å². The third-order valence-corrected chi connectivity index (χ3v) is 2.44. The van der Waals surface area contributed by atoms with Crippen LogP contribution in [0.2, 0.25) is 0 Å². The first-order valence-electron chi connectivity index (χ1n) is 3.65. The minimum atomic E-state index is 0.662. The van der Waals surface area contributed by atoms with E-state index in [0.717, 1.165) is 0 Å². The van der Waals surface area contributed by atoms with Gasteiger partial charge in [-0.1, -0.05) is 0 Å². The Hall–Kier alpha value is 0.310. The van der Waals surface area contributed by atoms with Crippen molar-refractivity contribution in [1.82, 2.24) is 4.90 Å². The highest BCUT2D eigenvalue weighted by Gasteiger charge is 2.09. The van der Waals surface area contributed by atoms with Crippen molar-refractivity contribution in [2.75, 3.05) is 20.1 Å². The van der Waals surface area contributed by atoms with E-state index in [2.05, 4.69) is 24.6 Å². The molecule has 0 aromatic rings. The van der Waals surface area contributed by atoms with E-state index in [9.17, 15) is 0 Å². The van der Waals surface area contributed by atoms with E-state index in [1.807, 2.05) is 0 Å². The van der Waals surface area contributed by atoms with Crippen LogP contribution >= 0.6 is 12.6 Å². The number of hydrogen-bond acceptors (Lipinski definition) is 2. The summed E-state index contributed by atoms with van der Waals surface area (Å²) in [6, 6.07) is 0. The second kappa shape index (κ2) is 3.47. The molecule has 0 radical (unpaired) electrons. The third-order valence-electron chi connectivity index (χ3n) is 1.92. The number of likely N-dealkylation sites (tertiary alicyclic amines) is 1. The predicted molar refractivity (Wildman–Crippen MR) is 44.1 cm³/mol. The highest BCUT2D eigenvalue weighted by atomic mass is 32.1. The summed E-state index contributed by atoms with van der Waals surface area (Å²) in [5.41, 5.74) is 0. The summed E-state index contributed by atoms with van der Waals surface area (Å²) in [4.78, 5) is 2.39. The monoisotopic (exact) mass is 145 g/mol. The maximum Gasteiger partial charge on any atom is 0.00294 e. The molecule has 2 heteroatoms. The van der Waals surface area contributed by atoms with Gasteiger partial charge in [-0.15, -0.1) is 0 Å². The minimum Gasteiger partial charge on any atom is -0.306 e. The van der Waals surface area contributed by atoms with Crippen LogP contribution in [-0.4, -0.2) is 30.3 Å². The predicted octanol–water partition coefficient (Wildman–Crippen LogP) is 1.40. The van der Waals surface area contributed by atoms with Crippen LogP contribution in [0.25, 0.3) is 0 Å². The summed E-state index contributed by atoms with van der Waals surface area (Å²) >= 11 is 4.44. The minimum absolute atomic E-state index is 0.662. The van der Waals surface area contributed by atoms with Gasteiger partial charge < -0.3 is 4.90 Å². The van der Waals surface area contributed by atoms with E-state index in [0.29, 0.717) is 5.25 Å². The van der Waals surface area contributed by atoms with Gasteiger partial charge in [-0.25, -0.2) is 0 Å². The molecular formula is C7H15NS. The van der Waals surface area contributed by atoms with E-state index >= 15 is 0 Å². The van der Waals surface area contributed by atoms with Crippen molar-refractivity contribution < 1.29 is 0 Å². The molecule has 54 valence electrons. The largest absolute Gasteiger partial charge is 0.306 e. The van der Waals surface area contributed by atoms with E-state index in [-0.39, 0.29) is 0 Å². The van der Waals surface area contributed by atoms with Gasteiger partial charge in [0.15, 0.2) is 0 Å². The van der Waals surface area contributed by atoms with Crippen molar-refractivity contribution >= 4 is 12.6 Å². The molecule has 0 N–H and O–H groups in total. The topological polar surface area (TPSA) is 3.24 Å². The number of thiol groups is 1. The first-order chi connectivity index (χ1) is 4.29. The normalized spacial score (nSPS) is 32.0. The fourth-order valence-electron chi connectivity index (χ4n) is 1.22. The van der Waals surface area contributed by atoms with E-state index in [1.54, 1.807) is 0 Å². The molecule has 0 amide bonds. The van der Waals surface area contributed by atoms with Gasteiger partial charge in [-0.2, -0.15) is 12.6 Å². The van der Waals surface area contributed by atoms with Crippen LogP contribution in [0.1, 0.15) is 19.3 Å². The van der Waals surface area contributed by atoms with Gasteiger partial charge in [0.25, 0.3) is 0 Å². The molecule has 1 fully saturated rings. The van der Waals surface area contributed by atoms with Gasteiger partial charge in [0.1, 0.15) is 0 Å². The molecule has 1 heterocycles. The van der Waals surface area contributed by atoms with Crippen molar-refractivity contribution in [1.29, 1.82) is 0 Å². The standard InChI is InChI=1S/C7H15NS/c1-8-5-2-3-7(9)4-6-8/h7,9H,2-6H2,1H3. The zero-order valence-corrected chi connectivity index (χ0v) is 6.90. The fourth-order valence-corrected chi connectivity index (χ4v) is 1.52. The Labute approximate surface area is 62.8 Å². The Balaban J connectivity index is 2.25. The van der Waals surface area contributed by atoms with Gasteiger partial charge in [-0.05, 0) is 39.4 Å². The van der Waals surface area contributed by atoms with E-state index < -0.39 is 0 Å². The Kier molecular flexibility index (Phi) is 2.86. The molecule has 0 saturated carbocycles. The molecule has 1 aliphatic heterocycles. The summed E-state index contributed by atoms with van der Waals surface area (Å²) in [6.45, 7) is 2.49. The van der Waals surface area contributed by atoms with Crippen LogP contribution in [0.4, 0.5) is 0 Å². The second-order valence-electron chi connectivity index (χ2n) is 2.89. The lowest BCUT2D eigenvalue weighted by Gasteiger charge is -2.11. The molecule has 1 unspecified atom stereocenters. The number of hydrogen-bond donors (Lipinski definition) is 1. The lowest BCUT2D eigenvalue weighted by atomic mass is 10.2. The molecule has 1 aliphatic rings. The Morgan fingerprint density at radius 2 is 2.11 bits per heavy atom. The lowest BCUT2D eigenvalue weighted by Crippen LogP contribution is -2.18. The average molecular weight is 145 g/mol. The fraction of sp³-hybridized carbons (Fsp3) is 1.00. The van der Waals surface area contributed by atoms with Crippen molar-refractivity contribution in [3.63, 3.8) is 0 Å². The van der Waals surface area contributed by atoms with Gasteiger partial charge in [0.05, 0.1) is 0 Å². The molecule has 0 aliphatic carbocycles. The van der Waals surface area contributed by atoms with Crippen LogP contribution in [0.15, 0.2) is 0 Å². The van der Waals surface area contributed by atoms with Gasteiger partial charge in [0.2, 0.25) is 0 Å². The van der Waals surface area contributed by atoms with Gasteiger partial charge in [-0.3, -0.25) is 0 Å².